The summed E-state index contributed by atoms with van der Waals surface area (Å²) in [6.45, 7) is 5.03. The highest BCUT2D eigenvalue weighted by atomic mass is 16.5. The van der Waals surface area contributed by atoms with Gasteiger partial charge in [-0.1, -0.05) is 36.4 Å². The summed E-state index contributed by atoms with van der Waals surface area (Å²) in [5.41, 5.74) is 5.26. The molecular formula is C40H37NO6. The minimum absolute atomic E-state index is 0.688. The van der Waals surface area contributed by atoms with Crippen LogP contribution in [-0.4, -0.2) is 52.7 Å². The molecule has 0 bridgehead atoms. The Morgan fingerprint density at radius 1 is 0.723 bits per heavy atom. The largest absolute Gasteiger partial charge is 0.497 e. The first-order valence-corrected chi connectivity index (χ1v) is 15.9. The summed E-state index contributed by atoms with van der Waals surface area (Å²) in [5, 5.41) is 14.2. The van der Waals surface area contributed by atoms with Crippen LogP contribution in [0.15, 0.2) is 91.0 Å². The van der Waals surface area contributed by atoms with Gasteiger partial charge in [0, 0.05) is 46.4 Å². The van der Waals surface area contributed by atoms with Gasteiger partial charge in [0.25, 0.3) is 0 Å². The molecule has 5 aromatic rings. The zero-order valence-electron chi connectivity index (χ0n) is 27.0. The van der Waals surface area contributed by atoms with E-state index in [0.29, 0.717) is 11.5 Å². The van der Waals surface area contributed by atoms with Crippen molar-refractivity contribution in [3.05, 3.63) is 119 Å². The van der Waals surface area contributed by atoms with E-state index in [9.17, 15) is 5.11 Å². The molecular weight excluding hydrogens is 590 g/mol. The van der Waals surface area contributed by atoms with Gasteiger partial charge in [0.2, 0.25) is 0 Å². The Balaban J connectivity index is 1.36. The van der Waals surface area contributed by atoms with E-state index in [1.807, 2.05) is 49.4 Å². The van der Waals surface area contributed by atoms with Gasteiger partial charge in [-0.2, -0.15) is 0 Å². The topological polar surface area (TPSA) is 69.6 Å². The maximum absolute atomic E-state index is 12.3. The molecule has 8 rings (SSSR count). The molecule has 7 heteroatoms. The molecule has 2 heterocycles. The van der Waals surface area contributed by atoms with Crippen LogP contribution in [-0.2, 0) is 15.9 Å². The molecule has 2 atom stereocenters. The fraction of sp³-hybridized carbons (Fsp3) is 0.250. The number of ether oxygens (including phenoxy) is 5. The van der Waals surface area contributed by atoms with Crippen molar-refractivity contribution in [2.24, 2.45) is 0 Å². The van der Waals surface area contributed by atoms with E-state index in [4.69, 9.17) is 23.7 Å². The number of anilines is 1. The average molecular weight is 628 g/mol. The summed E-state index contributed by atoms with van der Waals surface area (Å²) in [5.74, 6) is 2.88. The van der Waals surface area contributed by atoms with E-state index in [2.05, 4.69) is 59.5 Å². The lowest BCUT2D eigenvalue weighted by Gasteiger charge is -2.38. The summed E-state index contributed by atoms with van der Waals surface area (Å²) in [6, 6.07) is 28.6. The number of rotatable bonds is 6. The van der Waals surface area contributed by atoms with Gasteiger partial charge in [-0.15, -0.1) is 0 Å². The van der Waals surface area contributed by atoms with Crippen molar-refractivity contribution in [1.82, 2.24) is 0 Å². The van der Waals surface area contributed by atoms with E-state index in [1.165, 1.54) is 0 Å². The Kier molecular flexibility index (Phi) is 6.93. The summed E-state index contributed by atoms with van der Waals surface area (Å²) in [7, 11) is 4.98. The van der Waals surface area contributed by atoms with E-state index in [0.717, 1.165) is 93.2 Å². The summed E-state index contributed by atoms with van der Waals surface area (Å²) < 4.78 is 29.8. The molecule has 47 heavy (non-hydrogen) atoms. The van der Waals surface area contributed by atoms with Crippen LogP contribution in [0, 0.1) is 0 Å². The van der Waals surface area contributed by atoms with Gasteiger partial charge in [-0.25, -0.2) is 0 Å². The van der Waals surface area contributed by atoms with Crippen molar-refractivity contribution in [2.45, 2.75) is 18.1 Å². The minimum Gasteiger partial charge on any atom is -0.497 e. The Morgan fingerprint density at radius 3 is 2.02 bits per heavy atom. The number of benzene rings is 5. The Labute approximate surface area is 274 Å². The van der Waals surface area contributed by atoms with Crippen LogP contribution in [0.5, 0.6) is 23.0 Å². The van der Waals surface area contributed by atoms with E-state index in [-0.39, 0.29) is 0 Å². The van der Waals surface area contributed by atoms with Crippen LogP contribution in [0.3, 0.4) is 0 Å². The molecule has 5 aromatic carbocycles. The zero-order valence-corrected chi connectivity index (χ0v) is 27.0. The molecule has 238 valence electrons. The minimum atomic E-state index is -1.29. The SMILES string of the molecule is COc1ccc(C2(c3ccc(N4CCOCC4)cc3)C=Cc3c4c(c5ccc(OC)cc5c3O2)-c2ccc(OC)cc2C4(C)O)cc1. The van der Waals surface area contributed by atoms with Crippen LogP contribution >= 0.6 is 0 Å². The highest BCUT2D eigenvalue weighted by Crippen LogP contribution is 2.58. The van der Waals surface area contributed by atoms with E-state index >= 15 is 0 Å². The maximum Gasteiger partial charge on any atom is 0.178 e. The summed E-state index contributed by atoms with van der Waals surface area (Å²) in [4.78, 5) is 2.35. The van der Waals surface area contributed by atoms with Gasteiger partial charge < -0.3 is 33.7 Å². The van der Waals surface area contributed by atoms with Crippen molar-refractivity contribution in [3.8, 4) is 34.1 Å². The molecule has 7 nitrogen and oxygen atoms in total. The Hall–Kier alpha value is -4.98. The van der Waals surface area contributed by atoms with Gasteiger partial charge in [0.1, 0.15) is 28.6 Å². The number of aliphatic hydroxyl groups is 1. The lowest BCUT2D eigenvalue weighted by Crippen LogP contribution is -2.37. The van der Waals surface area contributed by atoms with Crippen LogP contribution in [0.2, 0.25) is 0 Å². The van der Waals surface area contributed by atoms with Gasteiger partial charge in [-0.3, -0.25) is 0 Å². The predicted molar refractivity (Wildman–Crippen MR) is 184 cm³/mol. The second-order valence-electron chi connectivity index (χ2n) is 12.4. The molecule has 0 aromatic heterocycles. The molecule has 0 saturated carbocycles. The third kappa shape index (κ3) is 4.48. The fourth-order valence-corrected chi connectivity index (χ4v) is 7.50. The predicted octanol–water partition coefficient (Wildman–Crippen LogP) is 7.29. The highest BCUT2D eigenvalue weighted by molar-refractivity contribution is 6.08. The third-order valence-corrected chi connectivity index (χ3v) is 9.95. The quantitative estimate of drug-likeness (QED) is 0.212. The lowest BCUT2D eigenvalue weighted by molar-refractivity contribution is 0.105. The first kappa shape index (κ1) is 29.4. The van der Waals surface area contributed by atoms with Crippen molar-refractivity contribution in [3.63, 3.8) is 0 Å². The molecule has 0 radical (unpaired) electrons. The molecule has 1 N–H and O–H groups in total. The monoisotopic (exact) mass is 627 g/mol. The van der Waals surface area contributed by atoms with Gasteiger partial charge in [-0.05, 0) is 89.7 Å². The highest BCUT2D eigenvalue weighted by Gasteiger charge is 2.45. The fourth-order valence-electron chi connectivity index (χ4n) is 7.50. The van der Waals surface area contributed by atoms with E-state index in [1.54, 1.807) is 21.3 Å². The van der Waals surface area contributed by atoms with Crippen LogP contribution in [0.4, 0.5) is 5.69 Å². The van der Waals surface area contributed by atoms with E-state index < -0.39 is 11.2 Å². The zero-order chi connectivity index (χ0) is 32.3. The molecule has 1 fully saturated rings. The van der Waals surface area contributed by atoms with Crippen molar-refractivity contribution in [2.75, 3.05) is 52.5 Å². The van der Waals surface area contributed by atoms with Crippen molar-refractivity contribution in [1.29, 1.82) is 0 Å². The molecule has 3 aliphatic rings. The maximum atomic E-state index is 12.3. The van der Waals surface area contributed by atoms with Gasteiger partial charge in [0.15, 0.2) is 5.60 Å². The summed E-state index contributed by atoms with van der Waals surface area (Å²) in [6.07, 6.45) is 4.24. The van der Waals surface area contributed by atoms with Crippen molar-refractivity contribution >= 4 is 22.5 Å². The number of hydrogen-bond acceptors (Lipinski definition) is 7. The Bertz CT molecular complexity index is 2030. The number of morpholine rings is 1. The van der Waals surface area contributed by atoms with Gasteiger partial charge >= 0.3 is 0 Å². The second-order valence-corrected chi connectivity index (χ2v) is 12.4. The number of nitrogens with zero attached hydrogens (tertiary/aromatic N) is 1. The molecule has 1 saturated heterocycles. The average Bonchev–Trinajstić information content (AvgIpc) is 3.37. The molecule has 0 spiro atoms. The molecule has 1 aliphatic carbocycles. The summed E-state index contributed by atoms with van der Waals surface area (Å²) >= 11 is 0. The van der Waals surface area contributed by atoms with Crippen LogP contribution in [0.1, 0.15) is 34.7 Å². The third-order valence-electron chi connectivity index (χ3n) is 9.95. The second kappa shape index (κ2) is 11.1. The Morgan fingerprint density at radius 2 is 1.34 bits per heavy atom. The lowest BCUT2D eigenvalue weighted by atomic mass is 9.80. The normalized spacial score (nSPS) is 21.1. The smallest absolute Gasteiger partial charge is 0.178 e. The van der Waals surface area contributed by atoms with Gasteiger partial charge in [0.05, 0.1) is 34.5 Å². The molecule has 0 amide bonds. The van der Waals surface area contributed by atoms with Crippen LogP contribution in [0.25, 0.3) is 28.0 Å². The molecule has 2 aliphatic heterocycles. The standard InChI is InChI=1S/C40H37NO6/c1-39(42)35-24-30(45-4)14-16-32(35)36-31-15-13-29(44-3)23-34(31)38-33(37(36)39)17-18-40(47-38,26-7-11-28(43-2)12-8-26)25-5-9-27(10-6-25)41-19-21-46-22-20-41/h5-18,23-24,42H,19-22H2,1-4H3. The first-order valence-electron chi connectivity index (χ1n) is 15.9. The van der Waals surface area contributed by atoms with Crippen LogP contribution < -0.4 is 23.8 Å². The number of fused-ring (bicyclic) bond motifs is 8. The number of methoxy groups -OCH3 is 3. The first-order chi connectivity index (χ1) is 22.9. The van der Waals surface area contributed by atoms with Crippen molar-refractivity contribution < 1.29 is 28.8 Å². The molecule has 2 unspecified atom stereocenters. The number of hydrogen-bond donors (Lipinski definition) is 1.